The fourth-order valence-electron chi connectivity index (χ4n) is 2.30. The van der Waals surface area contributed by atoms with Crippen LogP contribution in [0.5, 0.6) is 0 Å². The average Bonchev–Trinajstić information content (AvgIpc) is 2.47. The van der Waals surface area contributed by atoms with Crippen molar-refractivity contribution in [3.05, 3.63) is 29.3 Å². The van der Waals surface area contributed by atoms with Gasteiger partial charge in [-0.3, -0.25) is 9.59 Å². The maximum absolute atomic E-state index is 12.3. The molecule has 1 aliphatic heterocycles. The molecule has 1 aliphatic rings. The van der Waals surface area contributed by atoms with Crippen LogP contribution in [0.1, 0.15) is 6.92 Å². The van der Waals surface area contributed by atoms with Crippen molar-refractivity contribution in [1.29, 1.82) is 0 Å². The minimum atomic E-state index is -3.77. The third-order valence-electron chi connectivity index (χ3n) is 3.56. The van der Waals surface area contributed by atoms with Crippen molar-refractivity contribution in [2.45, 2.75) is 11.8 Å². The molecule has 0 saturated carbocycles. The van der Waals surface area contributed by atoms with E-state index in [1.807, 2.05) is 0 Å². The molecule has 8 heteroatoms. The van der Waals surface area contributed by atoms with Crippen LogP contribution >= 0.6 is 11.6 Å². The Hall–Kier alpha value is -1.60. The van der Waals surface area contributed by atoms with E-state index in [0.29, 0.717) is 26.2 Å². The number of hydrogen-bond donors (Lipinski definition) is 0. The predicted molar refractivity (Wildman–Crippen MR) is 82.3 cm³/mol. The van der Waals surface area contributed by atoms with Crippen LogP contribution in [0.15, 0.2) is 29.2 Å². The standard InChI is InChI=1S/C14H17ClN2O4S/c1-11(18)16-6-8-17(9-7-16)14(19)10-22(20,21)13-5-3-2-4-12(13)15/h2-5H,6-10H2,1H3. The van der Waals surface area contributed by atoms with Crippen LogP contribution in [-0.2, 0) is 19.4 Å². The quantitative estimate of drug-likeness (QED) is 0.813. The zero-order valence-electron chi connectivity index (χ0n) is 12.2. The summed E-state index contributed by atoms with van der Waals surface area (Å²) in [6.45, 7) is 3.01. The van der Waals surface area contributed by atoms with Crippen molar-refractivity contribution in [1.82, 2.24) is 9.80 Å². The Labute approximate surface area is 134 Å². The van der Waals surface area contributed by atoms with Gasteiger partial charge in [-0.1, -0.05) is 23.7 Å². The maximum Gasteiger partial charge on any atom is 0.238 e. The number of nitrogens with zero attached hydrogens (tertiary/aromatic N) is 2. The van der Waals surface area contributed by atoms with Gasteiger partial charge >= 0.3 is 0 Å². The average molecular weight is 345 g/mol. The first kappa shape index (κ1) is 16.8. The zero-order chi connectivity index (χ0) is 16.3. The second-order valence-corrected chi connectivity index (χ2v) is 7.44. The topological polar surface area (TPSA) is 74.8 Å². The van der Waals surface area contributed by atoms with Crippen molar-refractivity contribution in [2.24, 2.45) is 0 Å². The Morgan fingerprint density at radius 2 is 1.64 bits per heavy atom. The molecule has 2 amide bonds. The van der Waals surface area contributed by atoms with E-state index in [9.17, 15) is 18.0 Å². The van der Waals surface area contributed by atoms with Crippen molar-refractivity contribution in [3.8, 4) is 0 Å². The van der Waals surface area contributed by atoms with Gasteiger partial charge in [-0.15, -0.1) is 0 Å². The molecule has 0 radical (unpaired) electrons. The number of benzene rings is 1. The molecule has 0 unspecified atom stereocenters. The van der Waals surface area contributed by atoms with Gasteiger partial charge in [-0.25, -0.2) is 8.42 Å². The molecule has 1 fully saturated rings. The summed E-state index contributed by atoms with van der Waals surface area (Å²) in [5, 5.41) is 0.108. The summed E-state index contributed by atoms with van der Waals surface area (Å²) in [6.07, 6.45) is 0. The highest BCUT2D eigenvalue weighted by molar-refractivity contribution is 7.92. The number of sulfone groups is 1. The lowest BCUT2D eigenvalue weighted by molar-refractivity contribution is -0.136. The van der Waals surface area contributed by atoms with E-state index in [0.717, 1.165) is 0 Å². The predicted octanol–water partition coefficient (Wildman–Crippen LogP) is 0.804. The van der Waals surface area contributed by atoms with Crippen molar-refractivity contribution in [3.63, 3.8) is 0 Å². The molecule has 0 bridgehead atoms. The van der Waals surface area contributed by atoms with E-state index in [2.05, 4.69) is 0 Å². The van der Waals surface area contributed by atoms with Crippen molar-refractivity contribution in [2.75, 3.05) is 31.9 Å². The molecule has 0 atom stereocenters. The Morgan fingerprint density at radius 1 is 1.09 bits per heavy atom. The SMILES string of the molecule is CC(=O)N1CCN(C(=O)CS(=O)(=O)c2ccccc2Cl)CC1. The van der Waals surface area contributed by atoms with E-state index < -0.39 is 21.5 Å². The summed E-state index contributed by atoms with van der Waals surface area (Å²) in [7, 11) is -3.77. The van der Waals surface area contributed by atoms with Crippen molar-refractivity contribution >= 4 is 33.3 Å². The van der Waals surface area contributed by atoms with Gasteiger partial charge in [0.1, 0.15) is 5.75 Å². The smallest absolute Gasteiger partial charge is 0.238 e. The number of piperazine rings is 1. The van der Waals surface area contributed by atoms with E-state index in [1.165, 1.54) is 24.0 Å². The number of halogens is 1. The Morgan fingerprint density at radius 3 is 2.18 bits per heavy atom. The van der Waals surface area contributed by atoms with E-state index >= 15 is 0 Å². The first-order valence-electron chi connectivity index (χ1n) is 6.82. The first-order valence-corrected chi connectivity index (χ1v) is 8.85. The van der Waals surface area contributed by atoms with Crippen molar-refractivity contribution < 1.29 is 18.0 Å². The third kappa shape index (κ3) is 3.78. The van der Waals surface area contributed by atoms with Crippen LogP contribution in [0.3, 0.4) is 0 Å². The highest BCUT2D eigenvalue weighted by atomic mass is 35.5. The Bertz CT molecular complexity index is 682. The molecule has 120 valence electrons. The third-order valence-corrected chi connectivity index (χ3v) is 5.66. The summed E-state index contributed by atoms with van der Waals surface area (Å²) >= 11 is 5.88. The summed E-state index contributed by atoms with van der Waals surface area (Å²) in [5.41, 5.74) is 0. The molecule has 0 aromatic heterocycles. The Kier molecular flexibility index (Phi) is 5.08. The van der Waals surface area contributed by atoms with E-state index in [1.54, 1.807) is 17.0 Å². The van der Waals surface area contributed by atoms with Gasteiger partial charge < -0.3 is 9.80 Å². The van der Waals surface area contributed by atoms with Gasteiger partial charge in [-0.05, 0) is 12.1 Å². The highest BCUT2D eigenvalue weighted by Gasteiger charge is 2.28. The molecular weight excluding hydrogens is 328 g/mol. The maximum atomic E-state index is 12.3. The fraction of sp³-hybridized carbons (Fsp3) is 0.429. The molecule has 2 rings (SSSR count). The van der Waals surface area contributed by atoms with Gasteiger partial charge in [0.05, 0.1) is 9.92 Å². The number of carbonyl (C=O) groups is 2. The monoisotopic (exact) mass is 344 g/mol. The van der Waals surface area contributed by atoms with Crippen LogP contribution in [-0.4, -0.2) is 62.0 Å². The van der Waals surface area contributed by atoms with E-state index in [-0.39, 0.29) is 15.8 Å². The molecule has 0 spiro atoms. The Balaban J connectivity index is 2.03. The number of rotatable bonds is 3. The van der Waals surface area contributed by atoms with Crippen LogP contribution in [0.2, 0.25) is 5.02 Å². The van der Waals surface area contributed by atoms with Gasteiger partial charge in [0, 0.05) is 33.1 Å². The normalized spacial score (nSPS) is 15.7. The van der Waals surface area contributed by atoms with Crippen LogP contribution < -0.4 is 0 Å². The van der Waals surface area contributed by atoms with Gasteiger partial charge in [0.2, 0.25) is 11.8 Å². The minimum Gasteiger partial charge on any atom is -0.339 e. The lowest BCUT2D eigenvalue weighted by Gasteiger charge is -2.34. The summed E-state index contributed by atoms with van der Waals surface area (Å²) in [4.78, 5) is 26.5. The van der Waals surface area contributed by atoms with Gasteiger partial charge in [0.15, 0.2) is 9.84 Å². The highest BCUT2D eigenvalue weighted by Crippen LogP contribution is 2.22. The summed E-state index contributed by atoms with van der Waals surface area (Å²) in [6, 6.07) is 6.06. The van der Waals surface area contributed by atoms with Gasteiger partial charge in [-0.2, -0.15) is 0 Å². The van der Waals surface area contributed by atoms with E-state index in [4.69, 9.17) is 11.6 Å². The molecular formula is C14H17ClN2O4S. The molecule has 1 aromatic carbocycles. The molecule has 0 aliphatic carbocycles. The second-order valence-electron chi connectivity index (χ2n) is 5.08. The number of carbonyl (C=O) groups excluding carboxylic acids is 2. The van der Waals surface area contributed by atoms with Crippen LogP contribution in [0.25, 0.3) is 0 Å². The minimum absolute atomic E-state index is 0.0348. The van der Waals surface area contributed by atoms with Crippen LogP contribution in [0.4, 0.5) is 0 Å². The number of hydrogen-bond acceptors (Lipinski definition) is 4. The lowest BCUT2D eigenvalue weighted by Crippen LogP contribution is -2.51. The second kappa shape index (κ2) is 6.66. The summed E-state index contributed by atoms with van der Waals surface area (Å²) < 4.78 is 24.6. The summed E-state index contributed by atoms with van der Waals surface area (Å²) in [5.74, 6) is -1.13. The first-order chi connectivity index (χ1) is 10.3. The zero-order valence-corrected chi connectivity index (χ0v) is 13.7. The fourth-order valence-corrected chi connectivity index (χ4v) is 4.10. The number of amides is 2. The molecule has 22 heavy (non-hydrogen) atoms. The molecule has 1 heterocycles. The molecule has 0 N–H and O–H groups in total. The largest absolute Gasteiger partial charge is 0.339 e. The van der Waals surface area contributed by atoms with Gasteiger partial charge in [0.25, 0.3) is 0 Å². The van der Waals surface area contributed by atoms with Crippen LogP contribution in [0, 0.1) is 0 Å². The lowest BCUT2D eigenvalue weighted by atomic mass is 10.3. The molecule has 6 nitrogen and oxygen atoms in total. The molecule has 1 saturated heterocycles. The molecule has 1 aromatic rings.